The molecular weight excluding hydrogens is 402 g/mol. The third kappa shape index (κ3) is 4.03. The van der Waals surface area contributed by atoms with Gasteiger partial charge in [0.05, 0.1) is 11.7 Å². The van der Waals surface area contributed by atoms with Gasteiger partial charge in [-0.15, -0.1) is 11.3 Å². The summed E-state index contributed by atoms with van der Waals surface area (Å²) >= 11 is 1.40. The highest BCUT2D eigenvalue weighted by Gasteiger charge is 2.28. The lowest BCUT2D eigenvalue weighted by atomic mass is 10.1. The van der Waals surface area contributed by atoms with Gasteiger partial charge in [-0.1, -0.05) is 24.6 Å². The number of nitrogens with one attached hydrogen (secondary N) is 1. The van der Waals surface area contributed by atoms with Crippen molar-refractivity contribution in [1.29, 1.82) is 0 Å². The summed E-state index contributed by atoms with van der Waals surface area (Å²) in [6.07, 6.45) is 4.54. The van der Waals surface area contributed by atoms with Crippen LogP contribution in [0.2, 0.25) is 0 Å². The Kier molecular flexibility index (Phi) is 5.72. The molecule has 0 bridgehead atoms. The summed E-state index contributed by atoms with van der Waals surface area (Å²) in [6.45, 7) is 3.59. The summed E-state index contributed by atoms with van der Waals surface area (Å²) in [5, 5.41) is 3.87. The Morgan fingerprint density at radius 2 is 1.90 bits per heavy atom. The predicted molar refractivity (Wildman–Crippen MR) is 117 cm³/mol. The SMILES string of the molecule is CC(C)OC(=O)c1c(NC(=O)c2cc3ccccc3oc2=O)sc2c1CCCCC2. The lowest BCUT2D eigenvalue weighted by molar-refractivity contribution is 0.0378. The summed E-state index contributed by atoms with van der Waals surface area (Å²) in [4.78, 5) is 39.2. The smallest absolute Gasteiger partial charge is 0.349 e. The van der Waals surface area contributed by atoms with Gasteiger partial charge >= 0.3 is 11.6 Å². The summed E-state index contributed by atoms with van der Waals surface area (Å²) < 4.78 is 10.7. The van der Waals surface area contributed by atoms with Gasteiger partial charge in [-0.25, -0.2) is 9.59 Å². The fourth-order valence-electron chi connectivity index (χ4n) is 3.71. The number of fused-ring (bicyclic) bond motifs is 2. The van der Waals surface area contributed by atoms with E-state index in [-0.39, 0.29) is 11.7 Å². The van der Waals surface area contributed by atoms with Crippen LogP contribution >= 0.6 is 11.3 Å². The van der Waals surface area contributed by atoms with Crippen LogP contribution in [0.15, 0.2) is 39.5 Å². The topological polar surface area (TPSA) is 85.6 Å². The average Bonchev–Trinajstić information content (AvgIpc) is 2.87. The van der Waals surface area contributed by atoms with Crippen molar-refractivity contribution >= 4 is 39.2 Å². The predicted octanol–water partition coefficient (Wildman–Crippen LogP) is 4.94. The number of amides is 1. The first-order valence-corrected chi connectivity index (χ1v) is 11.0. The molecule has 4 rings (SSSR count). The molecule has 2 heterocycles. The molecule has 3 aromatic rings. The van der Waals surface area contributed by atoms with E-state index in [9.17, 15) is 14.4 Å². The number of aryl methyl sites for hydroxylation is 1. The van der Waals surface area contributed by atoms with Crippen molar-refractivity contribution in [3.63, 3.8) is 0 Å². The molecule has 0 aliphatic heterocycles. The van der Waals surface area contributed by atoms with Gasteiger partial charge in [0.25, 0.3) is 5.91 Å². The quantitative estimate of drug-likeness (QED) is 0.363. The highest BCUT2D eigenvalue weighted by atomic mass is 32.1. The van der Waals surface area contributed by atoms with Gasteiger partial charge in [-0.05, 0) is 57.2 Å². The summed E-state index contributed by atoms with van der Waals surface area (Å²) in [5.41, 5.74) is 0.993. The molecule has 0 spiro atoms. The van der Waals surface area contributed by atoms with Gasteiger partial charge in [0, 0.05) is 10.3 Å². The number of hydrogen-bond donors (Lipinski definition) is 1. The molecule has 0 radical (unpaired) electrons. The second kappa shape index (κ2) is 8.44. The first kappa shape index (κ1) is 20.3. The van der Waals surface area contributed by atoms with Crippen molar-refractivity contribution in [2.45, 2.75) is 52.1 Å². The van der Waals surface area contributed by atoms with Crippen molar-refractivity contribution in [2.75, 3.05) is 5.32 Å². The number of hydrogen-bond acceptors (Lipinski definition) is 6. The highest BCUT2D eigenvalue weighted by Crippen LogP contribution is 2.38. The van der Waals surface area contributed by atoms with E-state index in [4.69, 9.17) is 9.15 Å². The molecule has 0 atom stereocenters. The third-order valence-corrected chi connectivity index (χ3v) is 6.29. The maximum Gasteiger partial charge on any atom is 0.349 e. The molecule has 1 amide bonds. The van der Waals surface area contributed by atoms with E-state index < -0.39 is 17.5 Å². The first-order chi connectivity index (χ1) is 14.4. The molecule has 0 saturated heterocycles. The van der Waals surface area contributed by atoms with Crippen LogP contribution in [0.5, 0.6) is 0 Å². The Morgan fingerprint density at radius 3 is 2.70 bits per heavy atom. The molecule has 0 fully saturated rings. The van der Waals surface area contributed by atoms with Crippen molar-refractivity contribution in [2.24, 2.45) is 0 Å². The van der Waals surface area contributed by atoms with Crippen LogP contribution in [-0.4, -0.2) is 18.0 Å². The maximum atomic E-state index is 12.9. The summed E-state index contributed by atoms with van der Waals surface area (Å²) in [7, 11) is 0. The number of carbonyl (C=O) groups is 2. The highest BCUT2D eigenvalue weighted by molar-refractivity contribution is 7.17. The summed E-state index contributed by atoms with van der Waals surface area (Å²) in [6, 6.07) is 8.53. The second-order valence-electron chi connectivity index (χ2n) is 7.66. The fraction of sp³-hybridized carbons (Fsp3) is 0.348. The second-order valence-corrected chi connectivity index (χ2v) is 8.77. The van der Waals surface area contributed by atoms with Crippen LogP contribution in [0.25, 0.3) is 11.0 Å². The molecule has 1 aromatic carbocycles. The number of rotatable bonds is 4. The molecule has 1 N–H and O–H groups in total. The monoisotopic (exact) mass is 425 g/mol. The standard InChI is InChI=1S/C23H23NO5S/c1-13(2)28-23(27)19-15-9-4-3-5-11-18(15)30-21(19)24-20(25)16-12-14-8-6-7-10-17(14)29-22(16)26/h6-8,10,12-13H,3-5,9,11H2,1-2H3,(H,24,25). The van der Waals surface area contributed by atoms with E-state index in [2.05, 4.69) is 5.32 Å². The van der Waals surface area contributed by atoms with E-state index in [1.165, 1.54) is 17.4 Å². The molecule has 7 heteroatoms. The zero-order chi connectivity index (χ0) is 21.3. The Hall–Kier alpha value is -2.93. The minimum Gasteiger partial charge on any atom is -0.459 e. The van der Waals surface area contributed by atoms with Crippen LogP contribution in [0.4, 0.5) is 5.00 Å². The Morgan fingerprint density at radius 1 is 1.13 bits per heavy atom. The van der Waals surface area contributed by atoms with Gasteiger partial charge in [0.15, 0.2) is 0 Å². The van der Waals surface area contributed by atoms with Crippen molar-refractivity contribution in [3.8, 4) is 0 Å². The third-order valence-electron chi connectivity index (χ3n) is 5.08. The van der Waals surface area contributed by atoms with E-state index >= 15 is 0 Å². The molecule has 6 nitrogen and oxygen atoms in total. The molecule has 1 aliphatic carbocycles. The summed E-state index contributed by atoms with van der Waals surface area (Å²) in [5.74, 6) is -1.03. The van der Waals surface area contributed by atoms with Crippen LogP contribution in [0.1, 0.15) is 64.3 Å². The lowest BCUT2D eigenvalue weighted by Gasteiger charge is -2.11. The molecule has 0 saturated carbocycles. The number of carbonyl (C=O) groups excluding carboxylic acids is 2. The largest absolute Gasteiger partial charge is 0.459 e. The minimum atomic E-state index is -0.712. The van der Waals surface area contributed by atoms with Crippen LogP contribution in [0, 0.1) is 0 Å². The number of para-hydroxylation sites is 1. The average molecular weight is 426 g/mol. The first-order valence-electron chi connectivity index (χ1n) is 10.1. The molecule has 1 aliphatic rings. The molecular formula is C23H23NO5S. The van der Waals surface area contributed by atoms with E-state index in [0.717, 1.165) is 42.5 Å². The Bertz CT molecular complexity index is 1170. The van der Waals surface area contributed by atoms with Gasteiger partial charge < -0.3 is 14.5 Å². The number of anilines is 1. The number of ether oxygens (including phenoxy) is 1. The lowest BCUT2D eigenvalue weighted by Crippen LogP contribution is -2.22. The molecule has 0 unspecified atom stereocenters. The van der Waals surface area contributed by atoms with Crippen molar-refractivity contribution in [3.05, 3.63) is 62.3 Å². The van der Waals surface area contributed by atoms with Gasteiger partial charge in [-0.2, -0.15) is 0 Å². The van der Waals surface area contributed by atoms with E-state index in [1.54, 1.807) is 38.1 Å². The zero-order valence-electron chi connectivity index (χ0n) is 16.9. The van der Waals surface area contributed by atoms with Crippen molar-refractivity contribution in [1.82, 2.24) is 0 Å². The number of benzene rings is 1. The number of thiophene rings is 1. The fourth-order valence-corrected chi connectivity index (χ4v) is 4.98. The van der Waals surface area contributed by atoms with Crippen LogP contribution < -0.4 is 10.9 Å². The van der Waals surface area contributed by atoms with Gasteiger partial charge in [-0.3, -0.25) is 4.79 Å². The molecule has 156 valence electrons. The Labute approximate surface area is 177 Å². The van der Waals surface area contributed by atoms with Crippen LogP contribution in [-0.2, 0) is 17.6 Å². The van der Waals surface area contributed by atoms with Gasteiger partial charge in [0.2, 0.25) is 0 Å². The van der Waals surface area contributed by atoms with Gasteiger partial charge in [0.1, 0.15) is 16.1 Å². The van der Waals surface area contributed by atoms with E-state index in [1.807, 2.05) is 0 Å². The minimum absolute atomic E-state index is 0.0968. The Balaban J connectivity index is 1.72. The normalized spacial score (nSPS) is 13.7. The number of esters is 1. The zero-order valence-corrected chi connectivity index (χ0v) is 17.8. The molecule has 30 heavy (non-hydrogen) atoms. The molecule has 2 aromatic heterocycles. The van der Waals surface area contributed by atoms with Crippen molar-refractivity contribution < 1.29 is 18.7 Å². The van der Waals surface area contributed by atoms with E-state index in [0.29, 0.717) is 21.5 Å². The maximum absolute atomic E-state index is 12.9. The van der Waals surface area contributed by atoms with Crippen LogP contribution in [0.3, 0.4) is 0 Å².